The van der Waals surface area contributed by atoms with Gasteiger partial charge in [0, 0.05) is 27.5 Å². The maximum atomic E-state index is 12.3. The Morgan fingerprint density at radius 1 is 0.500 bits per heavy atom. The summed E-state index contributed by atoms with van der Waals surface area (Å²) in [6.07, 6.45) is 0. The molecule has 0 heterocycles. The number of fused-ring (bicyclic) bond motifs is 2. The average Bonchev–Trinajstić information content (AvgIpc) is 3.07. The molecule has 0 atom stereocenters. The van der Waals surface area contributed by atoms with Crippen LogP contribution in [0.2, 0.25) is 0 Å². The van der Waals surface area contributed by atoms with Crippen LogP contribution in [0.4, 0.5) is 51.2 Å². The fourth-order valence-electron chi connectivity index (χ4n) is 4.85. The summed E-state index contributed by atoms with van der Waals surface area (Å²) in [5, 5.41) is 37.0. The number of nitrogens with two attached hydrogens (primary N) is 3. The molecule has 0 aliphatic rings. The molecule has 0 radical (unpaired) electrons. The van der Waals surface area contributed by atoms with Crippen molar-refractivity contribution in [3.8, 4) is 5.75 Å². The molecule has 6 aromatic rings. The Hall–Kier alpha value is -6.34. The second kappa shape index (κ2) is 12.9. The molecule has 6 aromatic carbocycles. The van der Waals surface area contributed by atoms with Crippen molar-refractivity contribution in [2.24, 2.45) is 30.7 Å². The Morgan fingerprint density at radius 2 is 1.12 bits per heavy atom. The third-order valence-corrected chi connectivity index (χ3v) is 9.04. The highest BCUT2D eigenvalue weighted by Crippen LogP contribution is 2.43. The van der Waals surface area contributed by atoms with Crippen molar-refractivity contribution >= 4 is 93.0 Å². The maximum Gasteiger partial charge on any atom is 0.296 e. The minimum absolute atomic E-state index is 0.155. The van der Waals surface area contributed by atoms with E-state index >= 15 is 0 Å². The van der Waals surface area contributed by atoms with Crippen LogP contribution < -0.4 is 17.2 Å². The van der Waals surface area contributed by atoms with Crippen LogP contribution in [-0.2, 0) is 20.2 Å². The summed E-state index contributed by atoms with van der Waals surface area (Å²) in [5.74, 6) is -0.582. The Balaban J connectivity index is 1.30. The van der Waals surface area contributed by atoms with Crippen molar-refractivity contribution in [2.75, 3.05) is 17.2 Å². The van der Waals surface area contributed by atoms with Gasteiger partial charge in [-0.25, -0.2) is 0 Å². The van der Waals surface area contributed by atoms with E-state index < -0.39 is 36.6 Å². The van der Waals surface area contributed by atoms with E-state index in [-0.39, 0.29) is 27.0 Å². The van der Waals surface area contributed by atoms with Gasteiger partial charge in [0.05, 0.1) is 33.3 Å². The van der Waals surface area contributed by atoms with Gasteiger partial charge in [0.2, 0.25) is 0 Å². The molecule has 0 fully saturated rings. The number of phenolic OH excluding ortho intramolecular Hbond substituents is 1. The standard InChI is InChI=1S/C32H25N9O7S2/c33-18-2-11-29(27(35)14-18)40-38-21-3-1-17-13-30(50(46,47)48)31(32(42)24(17)15-21)41-37-20-6-4-19(5-7-20)36-39-28-12-10-26(34)23-9-8-22(16-25(23)28)49(43,44)45/h1-16,42H,33-35H2,(H,43,44,45)(H,46,47,48). The Bertz CT molecular complexity index is 2650. The highest BCUT2D eigenvalue weighted by Gasteiger charge is 2.22. The first-order chi connectivity index (χ1) is 23.7. The predicted molar refractivity (Wildman–Crippen MR) is 188 cm³/mol. The second-order valence-electron chi connectivity index (χ2n) is 10.7. The first-order valence-electron chi connectivity index (χ1n) is 14.2. The van der Waals surface area contributed by atoms with Gasteiger partial charge in [-0.1, -0.05) is 12.1 Å². The van der Waals surface area contributed by atoms with E-state index in [9.17, 15) is 31.0 Å². The zero-order valence-corrected chi connectivity index (χ0v) is 27.1. The molecule has 0 aliphatic carbocycles. The van der Waals surface area contributed by atoms with Crippen LogP contribution in [0.3, 0.4) is 0 Å². The number of hydrogen-bond donors (Lipinski definition) is 6. The van der Waals surface area contributed by atoms with Crippen LogP contribution in [0.5, 0.6) is 5.75 Å². The molecule has 252 valence electrons. The molecular weight excluding hydrogens is 687 g/mol. The third-order valence-electron chi connectivity index (χ3n) is 7.32. The van der Waals surface area contributed by atoms with Crippen LogP contribution in [-0.4, -0.2) is 31.0 Å². The topological polar surface area (TPSA) is 281 Å². The molecule has 0 aromatic heterocycles. The van der Waals surface area contributed by atoms with Crippen molar-refractivity contribution in [2.45, 2.75) is 9.79 Å². The summed E-state index contributed by atoms with van der Waals surface area (Å²) >= 11 is 0. The zero-order valence-electron chi connectivity index (χ0n) is 25.4. The van der Waals surface area contributed by atoms with Crippen LogP contribution >= 0.6 is 0 Å². The minimum Gasteiger partial charge on any atom is -0.505 e. The van der Waals surface area contributed by atoms with Crippen molar-refractivity contribution in [3.63, 3.8) is 0 Å². The van der Waals surface area contributed by atoms with Gasteiger partial charge in [-0.05, 0) is 90.3 Å². The summed E-state index contributed by atoms with van der Waals surface area (Å²) in [5.41, 5.74) is 19.8. The summed E-state index contributed by atoms with van der Waals surface area (Å²) in [4.78, 5) is -1.00. The molecule has 0 unspecified atom stereocenters. The fraction of sp³-hybridized carbons (Fsp3) is 0. The number of anilines is 3. The lowest BCUT2D eigenvalue weighted by molar-refractivity contribution is 0.472. The van der Waals surface area contributed by atoms with Gasteiger partial charge < -0.3 is 22.3 Å². The smallest absolute Gasteiger partial charge is 0.296 e. The first kappa shape index (κ1) is 33.6. The summed E-state index contributed by atoms with van der Waals surface area (Å²) in [6.45, 7) is 0. The highest BCUT2D eigenvalue weighted by atomic mass is 32.2. The molecule has 6 rings (SSSR count). The molecule has 0 saturated carbocycles. The molecule has 16 nitrogen and oxygen atoms in total. The number of rotatable bonds is 8. The van der Waals surface area contributed by atoms with E-state index in [0.29, 0.717) is 44.9 Å². The number of nitrogens with zero attached hydrogens (tertiary/aromatic N) is 6. The second-order valence-corrected chi connectivity index (χ2v) is 13.6. The lowest BCUT2D eigenvalue weighted by Gasteiger charge is -2.09. The highest BCUT2D eigenvalue weighted by molar-refractivity contribution is 7.86. The molecule has 0 bridgehead atoms. The number of azo groups is 3. The number of nitrogen functional groups attached to an aromatic ring is 3. The normalized spacial score (nSPS) is 12.6. The monoisotopic (exact) mass is 711 g/mol. The van der Waals surface area contributed by atoms with E-state index in [2.05, 4.69) is 30.7 Å². The van der Waals surface area contributed by atoms with Gasteiger partial charge >= 0.3 is 0 Å². The molecular formula is C32H25N9O7S2. The largest absolute Gasteiger partial charge is 0.505 e. The number of benzene rings is 6. The van der Waals surface area contributed by atoms with Crippen LogP contribution in [0.15, 0.2) is 138 Å². The van der Waals surface area contributed by atoms with E-state index in [1.807, 2.05) is 0 Å². The molecule has 9 N–H and O–H groups in total. The number of aromatic hydroxyl groups is 1. The molecule has 0 saturated heterocycles. The predicted octanol–water partition coefficient (Wildman–Crippen LogP) is 8.18. The summed E-state index contributed by atoms with van der Waals surface area (Å²) in [6, 6.07) is 23.4. The summed E-state index contributed by atoms with van der Waals surface area (Å²) < 4.78 is 67.2. The molecule has 50 heavy (non-hydrogen) atoms. The van der Waals surface area contributed by atoms with Crippen molar-refractivity contribution < 1.29 is 31.0 Å². The SMILES string of the molecule is Nc1ccc(N=Nc2ccc3cc(S(=O)(=O)O)c(N=Nc4ccc(N=Nc5ccc(N)c6ccc(S(=O)(=O)O)cc56)cc4)c(O)c3c2)c(N)c1. The van der Waals surface area contributed by atoms with Gasteiger partial charge in [-0.2, -0.15) is 32.2 Å². The van der Waals surface area contributed by atoms with Crippen molar-refractivity contribution in [3.05, 3.63) is 97.1 Å². The molecule has 0 aliphatic heterocycles. The Kier molecular flexibility index (Phi) is 8.68. The van der Waals surface area contributed by atoms with Crippen LogP contribution in [0.1, 0.15) is 0 Å². The number of phenols is 1. The lowest BCUT2D eigenvalue weighted by atomic mass is 10.1. The lowest BCUT2D eigenvalue weighted by Crippen LogP contribution is -1.99. The molecule has 0 amide bonds. The Morgan fingerprint density at radius 3 is 1.78 bits per heavy atom. The number of hydrogen-bond acceptors (Lipinski definition) is 14. The average molecular weight is 712 g/mol. The maximum absolute atomic E-state index is 12.3. The first-order valence-corrected chi connectivity index (χ1v) is 17.1. The van der Waals surface area contributed by atoms with E-state index in [1.54, 1.807) is 24.3 Å². The van der Waals surface area contributed by atoms with Crippen LogP contribution in [0.25, 0.3) is 21.5 Å². The third kappa shape index (κ3) is 7.08. The van der Waals surface area contributed by atoms with E-state index in [0.717, 1.165) is 6.07 Å². The summed E-state index contributed by atoms with van der Waals surface area (Å²) in [7, 11) is -9.32. The van der Waals surface area contributed by atoms with Gasteiger partial charge in [0.25, 0.3) is 20.2 Å². The van der Waals surface area contributed by atoms with Gasteiger partial charge in [0.1, 0.15) is 16.3 Å². The van der Waals surface area contributed by atoms with Crippen molar-refractivity contribution in [1.82, 2.24) is 0 Å². The van der Waals surface area contributed by atoms with Gasteiger partial charge in [-0.3, -0.25) is 9.11 Å². The van der Waals surface area contributed by atoms with E-state index in [4.69, 9.17) is 17.2 Å². The molecule has 0 spiro atoms. The van der Waals surface area contributed by atoms with Gasteiger partial charge in [0.15, 0.2) is 5.75 Å². The Labute approximate surface area is 283 Å². The minimum atomic E-state index is -4.85. The van der Waals surface area contributed by atoms with Crippen molar-refractivity contribution in [1.29, 1.82) is 0 Å². The molecule has 18 heteroatoms. The fourth-order valence-corrected chi connectivity index (χ4v) is 6.01. The van der Waals surface area contributed by atoms with Gasteiger partial charge in [-0.15, -0.1) is 15.3 Å². The van der Waals surface area contributed by atoms with E-state index in [1.165, 1.54) is 66.7 Å². The van der Waals surface area contributed by atoms with Crippen LogP contribution in [0, 0.1) is 0 Å². The quantitative estimate of drug-likeness (QED) is 0.0500. The zero-order chi connectivity index (χ0) is 35.8.